The van der Waals surface area contributed by atoms with Crippen molar-refractivity contribution >= 4 is 39.5 Å². The first-order valence-corrected chi connectivity index (χ1v) is 47.5. The molecule has 0 radical (unpaired) electrons. The van der Waals surface area contributed by atoms with Crippen LogP contribution in [0, 0.1) is 11.8 Å². The van der Waals surface area contributed by atoms with Crippen LogP contribution in [-0.2, 0) is 65.4 Å². The van der Waals surface area contributed by atoms with E-state index in [1.807, 2.05) is 0 Å². The molecule has 0 aromatic heterocycles. The van der Waals surface area contributed by atoms with Crippen LogP contribution >= 0.6 is 15.6 Å². The molecule has 0 aromatic carbocycles. The second-order valence-electron chi connectivity index (χ2n) is 31.9. The molecule has 5 atom stereocenters. The lowest BCUT2D eigenvalue weighted by molar-refractivity contribution is -0.161. The molecule has 0 saturated carbocycles. The van der Waals surface area contributed by atoms with E-state index < -0.39 is 97.5 Å². The van der Waals surface area contributed by atoms with Gasteiger partial charge in [-0.3, -0.25) is 37.3 Å². The number of esters is 4. The first-order valence-electron chi connectivity index (χ1n) is 44.5. The molecule has 0 heterocycles. The van der Waals surface area contributed by atoms with Gasteiger partial charge in [-0.05, 0) is 37.5 Å². The Kier molecular flexibility index (Phi) is 76.0. The molecule has 17 nitrogen and oxygen atoms in total. The fourth-order valence-electron chi connectivity index (χ4n) is 13.4. The Labute approximate surface area is 645 Å². The molecule has 3 N–H and O–H groups in total. The Hall–Kier alpha value is -1.94. The summed E-state index contributed by atoms with van der Waals surface area (Å²) in [5.41, 5.74) is 0. The quantitative estimate of drug-likeness (QED) is 0.0222. The smallest absolute Gasteiger partial charge is 0.462 e. The lowest BCUT2D eigenvalue weighted by Gasteiger charge is -2.21. The highest BCUT2D eigenvalue weighted by Gasteiger charge is 2.30. The number of aliphatic hydroxyl groups is 1. The minimum absolute atomic E-state index is 0.108. The van der Waals surface area contributed by atoms with Crippen LogP contribution in [0.4, 0.5) is 0 Å². The number of hydrogen-bond donors (Lipinski definition) is 3. The van der Waals surface area contributed by atoms with Crippen molar-refractivity contribution in [2.75, 3.05) is 39.6 Å². The van der Waals surface area contributed by atoms with Gasteiger partial charge in [-0.25, -0.2) is 9.13 Å². The molecule has 624 valence electrons. The van der Waals surface area contributed by atoms with Crippen LogP contribution < -0.4 is 0 Å². The predicted molar refractivity (Wildman–Crippen MR) is 432 cm³/mol. The van der Waals surface area contributed by atoms with Gasteiger partial charge in [0, 0.05) is 25.7 Å². The van der Waals surface area contributed by atoms with E-state index in [9.17, 15) is 43.2 Å². The van der Waals surface area contributed by atoms with Crippen molar-refractivity contribution in [1.82, 2.24) is 0 Å². The van der Waals surface area contributed by atoms with Crippen LogP contribution in [0.3, 0.4) is 0 Å². The summed E-state index contributed by atoms with van der Waals surface area (Å²) in [4.78, 5) is 73.2. The monoisotopic (exact) mass is 1540 g/mol. The van der Waals surface area contributed by atoms with E-state index in [0.29, 0.717) is 25.7 Å². The normalized spacial score (nSPS) is 13.8. The number of carbonyl (C=O) groups excluding carboxylic acids is 4. The average Bonchev–Trinajstić information content (AvgIpc) is 0.934. The molecule has 0 rings (SSSR count). The molecular formula is C86H168O17P2. The summed E-state index contributed by atoms with van der Waals surface area (Å²) >= 11 is 0. The highest BCUT2D eigenvalue weighted by atomic mass is 31.2. The standard InChI is InChI=1S/C86H168O17P2/c1-7-9-11-13-15-17-19-21-22-23-24-28-31-35-38-44-50-56-62-68-83(88)96-74-81(102-86(91)71-65-59-53-46-40-36-32-29-26-25-27-30-34-37-42-48-54-60-66-78(3)4)76-100-104(92,93)98-72-80(87)73-99-105(94,95)101-77-82(75-97-84(89)69-63-57-51-47-41-43-49-55-61-67-79(5)6)103-85(90)70-64-58-52-45-39-33-20-18-16-14-12-10-8-2/h78-82,87H,7-77H2,1-6H3,(H,92,93)(H,94,95)/t80-,81-,82-/m1/s1. The largest absolute Gasteiger partial charge is 0.472 e. The van der Waals surface area contributed by atoms with Crippen LogP contribution in [0.5, 0.6) is 0 Å². The lowest BCUT2D eigenvalue weighted by atomic mass is 10.0. The summed E-state index contributed by atoms with van der Waals surface area (Å²) in [7, 11) is -9.93. The number of ether oxygens (including phenoxy) is 4. The highest BCUT2D eigenvalue weighted by molar-refractivity contribution is 7.47. The van der Waals surface area contributed by atoms with Crippen molar-refractivity contribution in [3.05, 3.63) is 0 Å². The number of rotatable bonds is 85. The Morgan fingerprint density at radius 1 is 0.257 bits per heavy atom. The van der Waals surface area contributed by atoms with E-state index in [1.165, 1.54) is 276 Å². The van der Waals surface area contributed by atoms with Crippen LogP contribution in [0.15, 0.2) is 0 Å². The van der Waals surface area contributed by atoms with Gasteiger partial charge in [0.25, 0.3) is 0 Å². The molecule has 19 heteroatoms. The summed E-state index contributed by atoms with van der Waals surface area (Å²) < 4.78 is 68.9. The van der Waals surface area contributed by atoms with E-state index >= 15 is 0 Å². The molecule has 0 fully saturated rings. The lowest BCUT2D eigenvalue weighted by Crippen LogP contribution is -2.30. The zero-order valence-corrected chi connectivity index (χ0v) is 70.8. The molecule has 105 heavy (non-hydrogen) atoms. The molecule has 0 aromatic rings. The average molecular weight is 1540 g/mol. The van der Waals surface area contributed by atoms with Crippen molar-refractivity contribution in [3.8, 4) is 0 Å². The maximum atomic E-state index is 13.1. The van der Waals surface area contributed by atoms with Gasteiger partial charge in [-0.15, -0.1) is 0 Å². The number of phosphoric ester groups is 2. The van der Waals surface area contributed by atoms with Crippen LogP contribution in [0.1, 0.15) is 459 Å². The summed E-state index contributed by atoms with van der Waals surface area (Å²) in [6, 6.07) is 0. The summed E-state index contributed by atoms with van der Waals surface area (Å²) in [6.45, 7) is 9.69. The van der Waals surface area contributed by atoms with E-state index in [-0.39, 0.29) is 25.7 Å². The fourth-order valence-corrected chi connectivity index (χ4v) is 15.0. The van der Waals surface area contributed by atoms with Crippen LogP contribution in [0.2, 0.25) is 0 Å². The molecule has 0 saturated heterocycles. The fraction of sp³-hybridized carbons (Fsp3) is 0.953. The van der Waals surface area contributed by atoms with Gasteiger partial charge in [-0.1, -0.05) is 408 Å². The number of hydrogen-bond acceptors (Lipinski definition) is 15. The first kappa shape index (κ1) is 103. The van der Waals surface area contributed by atoms with Gasteiger partial charge in [0.2, 0.25) is 0 Å². The number of aliphatic hydroxyl groups excluding tert-OH is 1. The Morgan fingerprint density at radius 3 is 0.648 bits per heavy atom. The van der Waals surface area contributed by atoms with Crippen LogP contribution in [0.25, 0.3) is 0 Å². The van der Waals surface area contributed by atoms with E-state index in [2.05, 4.69) is 41.5 Å². The summed E-state index contributed by atoms with van der Waals surface area (Å²) in [6.07, 6.45) is 69.4. The Morgan fingerprint density at radius 2 is 0.438 bits per heavy atom. The molecule has 0 aliphatic heterocycles. The van der Waals surface area contributed by atoms with Crippen molar-refractivity contribution in [2.45, 2.75) is 477 Å². The third-order valence-electron chi connectivity index (χ3n) is 20.2. The zero-order valence-electron chi connectivity index (χ0n) is 69.0. The van der Waals surface area contributed by atoms with Crippen molar-refractivity contribution in [1.29, 1.82) is 0 Å². The van der Waals surface area contributed by atoms with Gasteiger partial charge < -0.3 is 33.8 Å². The minimum Gasteiger partial charge on any atom is -0.462 e. The Bertz CT molecular complexity index is 2010. The van der Waals surface area contributed by atoms with E-state index in [0.717, 1.165) is 102 Å². The maximum Gasteiger partial charge on any atom is 0.472 e. The van der Waals surface area contributed by atoms with Gasteiger partial charge in [0.15, 0.2) is 12.2 Å². The Balaban J connectivity index is 5.23. The van der Waals surface area contributed by atoms with Crippen LogP contribution in [-0.4, -0.2) is 96.7 Å². The number of carbonyl (C=O) groups is 4. The van der Waals surface area contributed by atoms with E-state index in [1.54, 1.807) is 0 Å². The SMILES string of the molecule is CCCCCCCCCCCCCCCCCCCCCC(=O)OC[C@H](COP(=O)(O)OC[C@@H](O)COP(=O)(O)OC[C@@H](COC(=O)CCCCCCCCCCCC(C)C)OC(=O)CCCCCCCCCCCCCCC)OC(=O)CCCCCCCCCCCCCCCCCCCCC(C)C. The number of unbranched alkanes of at least 4 members (excludes halogenated alkanes) is 55. The number of phosphoric acid groups is 2. The van der Waals surface area contributed by atoms with E-state index in [4.69, 9.17) is 37.0 Å². The minimum atomic E-state index is -4.97. The molecule has 2 unspecified atom stereocenters. The second-order valence-corrected chi connectivity index (χ2v) is 34.8. The van der Waals surface area contributed by atoms with Gasteiger partial charge in [0.1, 0.15) is 19.3 Å². The van der Waals surface area contributed by atoms with Crippen molar-refractivity contribution in [3.63, 3.8) is 0 Å². The van der Waals surface area contributed by atoms with Crippen molar-refractivity contribution < 1.29 is 80.2 Å². The third-order valence-corrected chi connectivity index (χ3v) is 22.1. The predicted octanol–water partition coefficient (Wildman–Crippen LogP) is 26.2. The van der Waals surface area contributed by atoms with Gasteiger partial charge in [-0.2, -0.15) is 0 Å². The van der Waals surface area contributed by atoms with Gasteiger partial charge in [0.05, 0.1) is 26.4 Å². The highest BCUT2D eigenvalue weighted by Crippen LogP contribution is 2.45. The second kappa shape index (κ2) is 77.4. The zero-order chi connectivity index (χ0) is 77.1. The molecule has 0 amide bonds. The topological polar surface area (TPSA) is 237 Å². The van der Waals surface area contributed by atoms with Gasteiger partial charge >= 0.3 is 39.5 Å². The molecular weight excluding hydrogens is 1370 g/mol. The summed E-state index contributed by atoms with van der Waals surface area (Å²) in [5.74, 6) is -0.537. The molecule has 0 bridgehead atoms. The molecule has 0 aliphatic rings. The third kappa shape index (κ3) is 79.9. The summed E-state index contributed by atoms with van der Waals surface area (Å²) in [5, 5.41) is 10.7. The maximum absolute atomic E-state index is 13.1. The first-order chi connectivity index (χ1) is 50.9. The molecule has 0 spiro atoms. The van der Waals surface area contributed by atoms with Crippen molar-refractivity contribution in [2.24, 2.45) is 11.8 Å². The molecule has 0 aliphatic carbocycles.